The lowest BCUT2D eigenvalue weighted by Crippen LogP contribution is -2.28. The van der Waals surface area contributed by atoms with Gasteiger partial charge in [0.1, 0.15) is 5.01 Å². The van der Waals surface area contributed by atoms with Crippen LogP contribution in [0, 0.1) is 0 Å². The van der Waals surface area contributed by atoms with Gasteiger partial charge in [-0.3, -0.25) is 4.79 Å². The average Bonchev–Trinajstić information content (AvgIpc) is 3.19. The van der Waals surface area contributed by atoms with Crippen molar-refractivity contribution in [3.63, 3.8) is 0 Å². The predicted molar refractivity (Wildman–Crippen MR) is 92.1 cm³/mol. The van der Waals surface area contributed by atoms with Crippen molar-refractivity contribution in [3.05, 3.63) is 64.5 Å². The van der Waals surface area contributed by atoms with Crippen LogP contribution in [0.3, 0.4) is 0 Å². The van der Waals surface area contributed by atoms with Crippen LogP contribution in [0.25, 0.3) is 9.88 Å². The molecule has 0 aliphatic carbocycles. The summed E-state index contributed by atoms with van der Waals surface area (Å²) in [7, 11) is 0. The van der Waals surface area contributed by atoms with Gasteiger partial charge < -0.3 is 5.32 Å². The van der Waals surface area contributed by atoms with Crippen molar-refractivity contribution >= 4 is 28.6 Å². The molecule has 0 radical (unpaired) electrons. The number of carbonyl (C=O) groups excluding carboxylic acids is 1. The Balaban J connectivity index is 1.60. The lowest BCUT2D eigenvalue weighted by molar-refractivity contribution is -0.121. The molecule has 1 atom stereocenters. The largest absolute Gasteiger partial charge is 0.349 e. The van der Waals surface area contributed by atoms with Crippen molar-refractivity contribution in [2.75, 3.05) is 0 Å². The molecule has 5 heteroatoms. The highest BCUT2D eigenvalue weighted by atomic mass is 32.1. The summed E-state index contributed by atoms with van der Waals surface area (Å²) < 4.78 is 0. The van der Waals surface area contributed by atoms with Gasteiger partial charge in [0.05, 0.1) is 23.0 Å². The van der Waals surface area contributed by atoms with Gasteiger partial charge in [-0.25, -0.2) is 4.98 Å². The van der Waals surface area contributed by atoms with Crippen molar-refractivity contribution < 1.29 is 4.79 Å². The van der Waals surface area contributed by atoms with E-state index in [1.807, 2.05) is 60.1 Å². The van der Waals surface area contributed by atoms with Crippen LogP contribution in [0.1, 0.15) is 24.2 Å². The van der Waals surface area contributed by atoms with E-state index in [1.54, 1.807) is 22.7 Å². The SMILES string of the molecule is C[C@@H](NC(=O)Cc1csc(-c2cccs2)n1)c1ccccc1. The first-order valence-corrected chi connectivity index (χ1v) is 8.81. The summed E-state index contributed by atoms with van der Waals surface area (Å²) in [5.41, 5.74) is 1.93. The number of thiophene rings is 1. The number of nitrogens with zero attached hydrogens (tertiary/aromatic N) is 1. The van der Waals surface area contributed by atoms with Crippen LogP contribution in [0.5, 0.6) is 0 Å². The third-order valence-corrected chi connectivity index (χ3v) is 5.23. The summed E-state index contributed by atoms with van der Waals surface area (Å²) in [5, 5.41) is 7.99. The molecule has 1 amide bonds. The van der Waals surface area contributed by atoms with Crippen molar-refractivity contribution in [1.29, 1.82) is 0 Å². The third-order valence-electron chi connectivity index (χ3n) is 3.30. The van der Waals surface area contributed by atoms with Crippen LogP contribution in [-0.2, 0) is 11.2 Å². The maximum atomic E-state index is 12.1. The summed E-state index contributed by atoms with van der Waals surface area (Å²) >= 11 is 3.25. The van der Waals surface area contributed by atoms with Crippen LogP contribution in [0.2, 0.25) is 0 Å². The lowest BCUT2D eigenvalue weighted by atomic mass is 10.1. The van der Waals surface area contributed by atoms with Crippen molar-refractivity contribution in [3.8, 4) is 9.88 Å². The predicted octanol–water partition coefficient (Wildman–Crippen LogP) is 4.29. The molecule has 0 saturated carbocycles. The highest BCUT2D eigenvalue weighted by Crippen LogP contribution is 2.27. The fraction of sp³-hybridized carbons (Fsp3) is 0.176. The fourth-order valence-electron chi connectivity index (χ4n) is 2.18. The molecule has 0 spiro atoms. The average molecular weight is 328 g/mol. The standard InChI is InChI=1S/C17H16N2OS2/c1-12(13-6-3-2-4-7-13)18-16(20)10-14-11-22-17(19-14)15-8-5-9-21-15/h2-9,11-12H,10H2,1H3,(H,18,20)/t12-/m1/s1. The van der Waals surface area contributed by atoms with Gasteiger partial charge in [0.2, 0.25) is 5.91 Å². The second-order valence-electron chi connectivity index (χ2n) is 5.00. The van der Waals surface area contributed by atoms with Crippen LogP contribution in [0.15, 0.2) is 53.2 Å². The number of carbonyl (C=O) groups is 1. The van der Waals surface area contributed by atoms with Gasteiger partial charge >= 0.3 is 0 Å². The molecule has 3 rings (SSSR count). The highest BCUT2D eigenvalue weighted by Gasteiger charge is 2.12. The van der Waals surface area contributed by atoms with Gasteiger partial charge in [-0.15, -0.1) is 22.7 Å². The minimum absolute atomic E-state index is 0.000572. The molecule has 0 fully saturated rings. The van der Waals surface area contributed by atoms with E-state index in [0.717, 1.165) is 21.1 Å². The third kappa shape index (κ3) is 3.61. The molecule has 1 aromatic carbocycles. The molecule has 0 aliphatic heterocycles. The molecule has 2 aromatic heterocycles. The van der Waals surface area contributed by atoms with E-state index in [-0.39, 0.29) is 11.9 Å². The Bertz CT molecular complexity index is 735. The number of hydrogen-bond acceptors (Lipinski definition) is 4. The quantitative estimate of drug-likeness (QED) is 0.759. The van der Waals surface area contributed by atoms with Crippen LogP contribution in [-0.4, -0.2) is 10.9 Å². The maximum absolute atomic E-state index is 12.1. The normalized spacial score (nSPS) is 12.0. The molecule has 0 bridgehead atoms. The summed E-state index contributed by atoms with van der Waals surface area (Å²) in [4.78, 5) is 17.8. The first-order chi connectivity index (χ1) is 10.7. The monoisotopic (exact) mass is 328 g/mol. The van der Waals surface area contributed by atoms with E-state index in [2.05, 4.69) is 10.3 Å². The van der Waals surface area contributed by atoms with E-state index >= 15 is 0 Å². The Hall–Kier alpha value is -1.98. The Morgan fingerprint density at radius 1 is 1.18 bits per heavy atom. The zero-order chi connectivity index (χ0) is 15.4. The molecule has 3 nitrogen and oxygen atoms in total. The minimum atomic E-state index is -0.000572. The van der Waals surface area contributed by atoms with Crippen LogP contribution in [0.4, 0.5) is 0 Å². The van der Waals surface area contributed by atoms with Gasteiger partial charge in [0.25, 0.3) is 0 Å². The number of amides is 1. The maximum Gasteiger partial charge on any atom is 0.226 e. The molecule has 0 saturated heterocycles. The number of nitrogens with one attached hydrogen (secondary N) is 1. The zero-order valence-corrected chi connectivity index (χ0v) is 13.8. The van der Waals surface area contributed by atoms with Gasteiger partial charge in [-0.2, -0.15) is 0 Å². The summed E-state index contributed by atoms with van der Waals surface area (Å²) in [6.45, 7) is 1.99. The van der Waals surface area contributed by atoms with Crippen molar-refractivity contribution in [2.45, 2.75) is 19.4 Å². The van der Waals surface area contributed by atoms with Gasteiger partial charge in [-0.1, -0.05) is 36.4 Å². The minimum Gasteiger partial charge on any atom is -0.349 e. The Morgan fingerprint density at radius 3 is 2.73 bits per heavy atom. The van der Waals surface area contributed by atoms with Crippen LogP contribution < -0.4 is 5.32 Å². The summed E-state index contributed by atoms with van der Waals surface area (Å²) in [6, 6.07) is 14.0. The van der Waals surface area contributed by atoms with Crippen LogP contribution >= 0.6 is 22.7 Å². The first-order valence-electron chi connectivity index (χ1n) is 7.05. The Kier molecular flexibility index (Phi) is 4.65. The molecular weight excluding hydrogens is 312 g/mol. The highest BCUT2D eigenvalue weighted by molar-refractivity contribution is 7.20. The molecule has 2 heterocycles. The van der Waals surface area contributed by atoms with E-state index in [9.17, 15) is 4.79 Å². The number of aromatic nitrogens is 1. The number of hydrogen-bond donors (Lipinski definition) is 1. The first kappa shape index (κ1) is 14.9. The van der Waals surface area contributed by atoms with Gasteiger partial charge in [0, 0.05) is 5.38 Å². The van der Waals surface area contributed by atoms with Gasteiger partial charge in [0.15, 0.2) is 0 Å². The van der Waals surface area contributed by atoms with Crippen molar-refractivity contribution in [1.82, 2.24) is 10.3 Å². The summed E-state index contributed by atoms with van der Waals surface area (Å²) in [5.74, 6) is -0.000572. The molecule has 112 valence electrons. The molecule has 22 heavy (non-hydrogen) atoms. The Morgan fingerprint density at radius 2 is 2.00 bits per heavy atom. The van der Waals surface area contributed by atoms with E-state index in [1.165, 1.54) is 0 Å². The second kappa shape index (κ2) is 6.85. The second-order valence-corrected chi connectivity index (χ2v) is 6.80. The molecule has 0 unspecified atom stereocenters. The van der Waals surface area contributed by atoms with E-state index in [4.69, 9.17) is 0 Å². The zero-order valence-electron chi connectivity index (χ0n) is 12.2. The number of thiazole rings is 1. The number of rotatable bonds is 5. The van der Waals surface area contributed by atoms with E-state index < -0.39 is 0 Å². The lowest BCUT2D eigenvalue weighted by Gasteiger charge is -2.13. The topological polar surface area (TPSA) is 42.0 Å². The smallest absolute Gasteiger partial charge is 0.226 e. The summed E-state index contributed by atoms with van der Waals surface area (Å²) in [6.07, 6.45) is 0.319. The molecular formula is C17H16N2OS2. The van der Waals surface area contributed by atoms with Gasteiger partial charge in [-0.05, 0) is 23.9 Å². The Labute approximate surface area is 137 Å². The fourth-order valence-corrected chi connectivity index (χ4v) is 3.82. The number of benzene rings is 1. The van der Waals surface area contributed by atoms with E-state index in [0.29, 0.717) is 6.42 Å². The molecule has 0 aliphatic rings. The molecule has 3 aromatic rings. The van der Waals surface area contributed by atoms with Crippen molar-refractivity contribution in [2.24, 2.45) is 0 Å². The molecule has 1 N–H and O–H groups in total.